The first-order chi connectivity index (χ1) is 14.4. The van der Waals surface area contributed by atoms with Crippen molar-refractivity contribution in [1.82, 2.24) is 10.2 Å². The normalized spacial score (nSPS) is 26.5. The Bertz CT molecular complexity index is 793. The molecule has 0 radical (unpaired) electrons. The second-order valence-electron chi connectivity index (χ2n) is 7.47. The average molecular weight is 422 g/mol. The Morgan fingerprint density at radius 1 is 1.10 bits per heavy atom. The van der Waals surface area contributed by atoms with Crippen LogP contribution in [0, 0.1) is 6.92 Å². The number of H-pyrrole nitrogens is 1. The molecular weight excluding hydrogens is 392 g/mol. The Balaban J connectivity index is 1.69. The van der Waals surface area contributed by atoms with Crippen LogP contribution >= 0.6 is 0 Å². The first-order valence-corrected chi connectivity index (χ1v) is 10.2. The number of nitrogens with zero attached hydrogens (tertiary/aromatic N) is 1. The Labute approximate surface area is 175 Å². The number of benzene rings is 1. The smallest absolute Gasteiger partial charge is 0.238 e. The van der Waals surface area contributed by atoms with Gasteiger partial charge in [0.15, 0.2) is 0 Å². The molecule has 1 saturated heterocycles. The molecule has 30 heavy (non-hydrogen) atoms. The summed E-state index contributed by atoms with van der Waals surface area (Å²) in [5.74, 6) is 1.04. The van der Waals surface area contributed by atoms with Gasteiger partial charge in [-0.15, -0.1) is 5.10 Å². The van der Waals surface area contributed by atoms with Crippen molar-refractivity contribution in [3.8, 4) is 11.6 Å². The largest absolute Gasteiger partial charge is 0.494 e. The third-order valence-corrected chi connectivity index (χ3v) is 5.18. The van der Waals surface area contributed by atoms with E-state index < -0.39 is 37.3 Å². The first kappa shape index (κ1) is 22.5. The summed E-state index contributed by atoms with van der Waals surface area (Å²) in [6, 6.07) is 7.76. The number of aryl methyl sites for hydroxylation is 1. The van der Waals surface area contributed by atoms with Crippen LogP contribution < -0.4 is 9.47 Å². The van der Waals surface area contributed by atoms with Gasteiger partial charge in [0.05, 0.1) is 13.2 Å². The maximum atomic E-state index is 10.2. The number of ether oxygens (including phenoxy) is 3. The number of hydrogen-bond donors (Lipinski definition) is 5. The lowest BCUT2D eigenvalue weighted by Crippen LogP contribution is -2.60. The molecule has 5 atom stereocenters. The van der Waals surface area contributed by atoms with Gasteiger partial charge in [0.2, 0.25) is 12.2 Å². The molecule has 9 nitrogen and oxygen atoms in total. The van der Waals surface area contributed by atoms with Gasteiger partial charge < -0.3 is 34.6 Å². The van der Waals surface area contributed by atoms with Crippen LogP contribution in [0.15, 0.2) is 24.3 Å². The van der Waals surface area contributed by atoms with Gasteiger partial charge in [0, 0.05) is 17.7 Å². The van der Waals surface area contributed by atoms with Crippen LogP contribution in [0.1, 0.15) is 36.6 Å². The number of unbranched alkanes of at least 4 members (excludes halogenated alkanes) is 1. The van der Waals surface area contributed by atoms with E-state index in [1.807, 2.05) is 31.2 Å². The standard InChI is InChI=1S/C21H30N2O7/c1-3-4-9-28-14-7-5-13(6-8-14)10-15-12(2)22-23-20(15)30-21-19(27)18(26)17(25)16(11-24)29-21/h5-8,16-19,21,24-27H,3-4,9-11H2,1-2H3,(H,22,23)/t16-,17-,18+,19-,21+/m1/s1. The second-order valence-corrected chi connectivity index (χ2v) is 7.47. The van der Waals surface area contributed by atoms with Crippen LogP contribution in [0.2, 0.25) is 0 Å². The van der Waals surface area contributed by atoms with Crippen LogP contribution in [0.25, 0.3) is 0 Å². The molecule has 3 rings (SSSR count). The molecule has 0 bridgehead atoms. The molecule has 2 heterocycles. The molecule has 1 aliphatic rings. The summed E-state index contributed by atoms with van der Waals surface area (Å²) in [5.41, 5.74) is 2.57. The molecule has 0 aliphatic carbocycles. The Kier molecular flexibility index (Phi) is 7.68. The van der Waals surface area contributed by atoms with Crippen molar-refractivity contribution in [2.75, 3.05) is 13.2 Å². The van der Waals surface area contributed by atoms with Gasteiger partial charge in [-0.3, -0.25) is 5.10 Å². The number of aliphatic hydroxyl groups excluding tert-OH is 4. The lowest BCUT2D eigenvalue weighted by atomic mass is 9.99. The van der Waals surface area contributed by atoms with Crippen molar-refractivity contribution in [2.45, 2.75) is 63.8 Å². The zero-order chi connectivity index (χ0) is 21.7. The van der Waals surface area contributed by atoms with Crippen molar-refractivity contribution in [3.05, 3.63) is 41.1 Å². The molecule has 0 saturated carbocycles. The summed E-state index contributed by atoms with van der Waals surface area (Å²) in [5, 5.41) is 46.4. The van der Waals surface area contributed by atoms with Crippen LogP contribution in [0.4, 0.5) is 0 Å². The number of nitrogens with one attached hydrogen (secondary N) is 1. The molecule has 0 amide bonds. The predicted molar refractivity (Wildman–Crippen MR) is 107 cm³/mol. The van der Waals surface area contributed by atoms with E-state index in [1.54, 1.807) is 0 Å². The Hall–Kier alpha value is -2.17. The van der Waals surface area contributed by atoms with Gasteiger partial charge in [-0.05, 0) is 31.0 Å². The molecule has 1 aromatic carbocycles. The second kappa shape index (κ2) is 10.2. The third-order valence-electron chi connectivity index (χ3n) is 5.18. The van der Waals surface area contributed by atoms with Crippen molar-refractivity contribution >= 4 is 0 Å². The minimum absolute atomic E-state index is 0.222. The van der Waals surface area contributed by atoms with Gasteiger partial charge in [-0.2, -0.15) is 0 Å². The van der Waals surface area contributed by atoms with Crippen molar-refractivity contribution < 1.29 is 34.6 Å². The summed E-state index contributed by atoms with van der Waals surface area (Å²) in [7, 11) is 0. The number of aromatic amines is 1. The van der Waals surface area contributed by atoms with E-state index in [2.05, 4.69) is 17.1 Å². The zero-order valence-electron chi connectivity index (χ0n) is 17.2. The number of rotatable bonds is 9. The minimum atomic E-state index is -1.51. The highest BCUT2D eigenvalue weighted by molar-refractivity contribution is 5.37. The molecule has 5 N–H and O–H groups in total. The average Bonchev–Trinajstić information content (AvgIpc) is 3.09. The lowest BCUT2D eigenvalue weighted by Gasteiger charge is -2.39. The van der Waals surface area contributed by atoms with Crippen molar-refractivity contribution in [2.24, 2.45) is 0 Å². The fourth-order valence-corrected chi connectivity index (χ4v) is 3.25. The van der Waals surface area contributed by atoms with E-state index in [9.17, 15) is 20.4 Å². The molecule has 2 aromatic rings. The molecule has 0 spiro atoms. The number of aromatic nitrogens is 2. The molecule has 1 fully saturated rings. The van der Waals surface area contributed by atoms with E-state index in [0.717, 1.165) is 35.4 Å². The zero-order valence-corrected chi connectivity index (χ0v) is 17.2. The lowest BCUT2D eigenvalue weighted by molar-refractivity contribution is -0.278. The van der Waals surface area contributed by atoms with Gasteiger partial charge >= 0.3 is 0 Å². The van der Waals surface area contributed by atoms with Crippen LogP contribution in [0.5, 0.6) is 11.6 Å². The molecular formula is C21H30N2O7. The fourth-order valence-electron chi connectivity index (χ4n) is 3.25. The summed E-state index contributed by atoms with van der Waals surface area (Å²) < 4.78 is 16.8. The molecule has 9 heteroatoms. The van der Waals surface area contributed by atoms with Gasteiger partial charge in [0.25, 0.3) is 0 Å². The molecule has 1 aliphatic heterocycles. The van der Waals surface area contributed by atoms with Crippen LogP contribution in [0.3, 0.4) is 0 Å². The Morgan fingerprint density at radius 2 is 1.83 bits per heavy atom. The van der Waals surface area contributed by atoms with E-state index in [1.165, 1.54) is 0 Å². The summed E-state index contributed by atoms with van der Waals surface area (Å²) >= 11 is 0. The summed E-state index contributed by atoms with van der Waals surface area (Å²) in [4.78, 5) is 0. The van der Waals surface area contributed by atoms with E-state index in [4.69, 9.17) is 14.2 Å². The predicted octanol–water partition coefficient (Wildman–Crippen LogP) is 0.667. The van der Waals surface area contributed by atoms with E-state index >= 15 is 0 Å². The highest BCUT2D eigenvalue weighted by Gasteiger charge is 2.45. The quantitative estimate of drug-likeness (QED) is 0.372. The Morgan fingerprint density at radius 3 is 2.50 bits per heavy atom. The first-order valence-electron chi connectivity index (χ1n) is 10.2. The monoisotopic (exact) mass is 422 g/mol. The summed E-state index contributed by atoms with van der Waals surface area (Å²) in [6.07, 6.45) is -4.16. The number of aliphatic hydroxyl groups is 4. The van der Waals surface area contributed by atoms with E-state index in [0.29, 0.717) is 13.0 Å². The van der Waals surface area contributed by atoms with Crippen molar-refractivity contribution in [1.29, 1.82) is 0 Å². The van der Waals surface area contributed by atoms with E-state index in [-0.39, 0.29) is 5.88 Å². The van der Waals surface area contributed by atoms with Gasteiger partial charge in [-0.25, -0.2) is 0 Å². The fraction of sp³-hybridized carbons (Fsp3) is 0.571. The van der Waals surface area contributed by atoms with Gasteiger partial charge in [-0.1, -0.05) is 25.5 Å². The number of hydrogen-bond acceptors (Lipinski definition) is 8. The summed E-state index contributed by atoms with van der Waals surface area (Å²) in [6.45, 7) is 4.13. The highest BCUT2D eigenvalue weighted by atomic mass is 16.7. The van der Waals surface area contributed by atoms with Crippen LogP contribution in [-0.4, -0.2) is 74.5 Å². The van der Waals surface area contributed by atoms with Crippen LogP contribution in [-0.2, 0) is 11.2 Å². The highest BCUT2D eigenvalue weighted by Crippen LogP contribution is 2.28. The van der Waals surface area contributed by atoms with Gasteiger partial charge in [0.1, 0.15) is 30.2 Å². The molecule has 166 valence electrons. The SMILES string of the molecule is CCCCOc1ccc(Cc2c(O[C@@H]3O[C@H](CO)[C@@H](O)[C@H](O)[C@H]3O)n[nH]c2C)cc1. The van der Waals surface area contributed by atoms with Crippen molar-refractivity contribution in [3.63, 3.8) is 0 Å². The molecule has 1 aromatic heterocycles. The minimum Gasteiger partial charge on any atom is -0.494 e. The third kappa shape index (κ3) is 5.11. The topological polar surface area (TPSA) is 137 Å². The maximum absolute atomic E-state index is 10.2. The maximum Gasteiger partial charge on any atom is 0.238 e. The molecule has 0 unspecified atom stereocenters.